The third kappa shape index (κ3) is 4.42. The van der Waals surface area contributed by atoms with Crippen LogP contribution in [0.5, 0.6) is 0 Å². The van der Waals surface area contributed by atoms with E-state index >= 15 is 0 Å². The van der Waals surface area contributed by atoms with Crippen LogP contribution in [0.1, 0.15) is 39.5 Å². The zero-order chi connectivity index (χ0) is 30.3. The van der Waals surface area contributed by atoms with Crippen LogP contribution in [0.25, 0.3) is 27.7 Å². The lowest BCUT2D eigenvalue weighted by Gasteiger charge is -2.29. The first-order valence-corrected chi connectivity index (χ1v) is 15.1. The summed E-state index contributed by atoms with van der Waals surface area (Å²) in [4.78, 5) is 15.6. The van der Waals surface area contributed by atoms with Crippen LogP contribution >= 0.6 is 0 Å². The van der Waals surface area contributed by atoms with Crippen molar-refractivity contribution in [2.45, 2.75) is 19.1 Å². The van der Waals surface area contributed by atoms with Crippen LogP contribution in [-0.4, -0.2) is 24.6 Å². The molecule has 0 bridgehead atoms. The number of carbonyl (C=O) groups is 1. The van der Waals surface area contributed by atoms with Gasteiger partial charge in [-0.2, -0.15) is 0 Å². The van der Waals surface area contributed by atoms with E-state index in [9.17, 15) is 4.79 Å². The maximum absolute atomic E-state index is 13.6. The molecule has 1 aliphatic rings. The SMILES string of the molecule is CCn1c(-c2ccccc2)c(/C(=C/C2(c3ccc(N(C)C)cc3)OC(=O)c3ccccc32)c2ccccc2)c2ccccc21. The van der Waals surface area contributed by atoms with Gasteiger partial charge in [-0.05, 0) is 54.0 Å². The fourth-order valence-corrected chi connectivity index (χ4v) is 6.57. The van der Waals surface area contributed by atoms with Gasteiger partial charge >= 0.3 is 5.97 Å². The predicted molar refractivity (Wildman–Crippen MR) is 180 cm³/mol. The number of anilines is 1. The molecule has 4 heteroatoms. The molecule has 7 rings (SSSR count). The Kier molecular flexibility index (Phi) is 6.90. The van der Waals surface area contributed by atoms with E-state index in [1.807, 2.05) is 44.4 Å². The van der Waals surface area contributed by atoms with Crippen LogP contribution in [-0.2, 0) is 16.9 Å². The first-order valence-electron chi connectivity index (χ1n) is 15.1. The summed E-state index contributed by atoms with van der Waals surface area (Å²) in [7, 11) is 4.05. The van der Waals surface area contributed by atoms with E-state index in [0.717, 1.165) is 56.7 Å². The number of aromatic nitrogens is 1. The third-order valence-corrected chi connectivity index (χ3v) is 8.65. The molecule has 0 fully saturated rings. The maximum atomic E-state index is 13.6. The third-order valence-electron chi connectivity index (χ3n) is 8.65. The Bertz CT molecular complexity index is 2000. The minimum absolute atomic E-state index is 0.319. The Hall–Kier alpha value is -5.35. The molecule has 1 unspecified atom stereocenters. The fourth-order valence-electron chi connectivity index (χ4n) is 6.57. The predicted octanol–water partition coefficient (Wildman–Crippen LogP) is 8.94. The van der Waals surface area contributed by atoms with E-state index in [1.165, 1.54) is 5.52 Å². The number of esters is 1. The van der Waals surface area contributed by atoms with Gasteiger partial charge in [0.15, 0.2) is 5.60 Å². The van der Waals surface area contributed by atoms with Crippen LogP contribution < -0.4 is 4.90 Å². The molecule has 0 spiro atoms. The largest absolute Gasteiger partial charge is 0.441 e. The van der Waals surface area contributed by atoms with E-state index < -0.39 is 5.60 Å². The number of benzene rings is 5. The summed E-state index contributed by atoms with van der Waals surface area (Å²) < 4.78 is 8.93. The maximum Gasteiger partial charge on any atom is 0.340 e. The van der Waals surface area contributed by atoms with E-state index in [0.29, 0.717) is 5.56 Å². The summed E-state index contributed by atoms with van der Waals surface area (Å²) in [6.07, 6.45) is 2.19. The molecule has 5 aromatic carbocycles. The van der Waals surface area contributed by atoms with E-state index in [2.05, 4.69) is 126 Å². The summed E-state index contributed by atoms with van der Waals surface area (Å²) in [5, 5.41) is 1.15. The number of hydrogen-bond donors (Lipinski definition) is 0. The summed E-state index contributed by atoms with van der Waals surface area (Å²) in [6.45, 7) is 3.00. The number of carbonyl (C=O) groups excluding carboxylic acids is 1. The van der Waals surface area contributed by atoms with E-state index in [-0.39, 0.29) is 5.97 Å². The number of ether oxygens (including phenoxy) is 1. The van der Waals surface area contributed by atoms with Crippen molar-refractivity contribution in [2.24, 2.45) is 0 Å². The number of aryl methyl sites for hydroxylation is 1. The van der Waals surface area contributed by atoms with Crippen molar-refractivity contribution in [1.82, 2.24) is 4.57 Å². The minimum Gasteiger partial charge on any atom is -0.441 e. The lowest BCUT2D eigenvalue weighted by Crippen LogP contribution is -2.26. The van der Waals surface area contributed by atoms with Gasteiger partial charge in [0.1, 0.15) is 0 Å². The van der Waals surface area contributed by atoms with Gasteiger partial charge in [0, 0.05) is 53.9 Å². The molecule has 0 radical (unpaired) electrons. The highest BCUT2D eigenvalue weighted by Gasteiger charge is 2.46. The van der Waals surface area contributed by atoms with Gasteiger partial charge in [0.05, 0.1) is 11.3 Å². The molecule has 0 saturated heterocycles. The van der Waals surface area contributed by atoms with Gasteiger partial charge in [-0.25, -0.2) is 4.79 Å². The van der Waals surface area contributed by atoms with E-state index in [1.54, 1.807) is 0 Å². The average molecular weight is 575 g/mol. The molecule has 216 valence electrons. The molecule has 4 nitrogen and oxygen atoms in total. The van der Waals surface area contributed by atoms with Gasteiger partial charge < -0.3 is 14.2 Å². The average Bonchev–Trinajstić information content (AvgIpc) is 3.56. The zero-order valence-corrected chi connectivity index (χ0v) is 25.2. The molecule has 6 aromatic rings. The fraction of sp³-hybridized carbons (Fsp3) is 0.125. The molecule has 1 atom stereocenters. The number of fused-ring (bicyclic) bond motifs is 2. The quantitative estimate of drug-likeness (QED) is 0.179. The Labute approximate surface area is 258 Å². The molecule has 1 aliphatic heterocycles. The number of cyclic esters (lactones) is 1. The molecule has 1 aromatic heterocycles. The minimum atomic E-state index is -1.13. The van der Waals surface area contributed by atoms with Crippen LogP contribution in [0.2, 0.25) is 0 Å². The first-order chi connectivity index (χ1) is 21.5. The Morgan fingerprint density at radius 3 is 2.11 bits per heavy atom. The summed E-state index contributed by atoms with van der Waals surface area (Å²) >= 11 is 0. The molecule has 2 heterocycles. The highest BCUT2D eigenvalue weighted by atomic mass is 16.6. The van der Waals surface area contributed by atoms with Gasteiger partial charge in [0.2, 0.25) is 0 Å². The molecule has 0 N–H and O–H groups in total. The monoisotopic (exact) mass is 574 g/mol. The molecule has 44 heavy (non-hydrogen) atoms. The van der Waals surface area contributed by atoms with Gasteiger partial charge in [0.25, 0.3) is 0 Å². The molecular weight excluding hydrogens is 540 g/mol. The standard InChI is InChI=1S/C40H34N2O2/c1-4-42-36-22-14-12-20-33(36)37(38(42)29-17-9-6-10-18-29)34(28-15-7-5-8-16-28)27-40(30-23-25-31(26-24-30)41(2)3)35-21-13-11-19-32(35)39(43)44-40/h5-27H,4H2,1-3H3/b34-27+. The smallest absolute Gasteiger partial charge is 0.340 e. The Morgan fingerprint density at radius 1 is 0.773 bits per heavy atom. The van der Waals surface area contributed by atoms with Crippen molar-refractivity contribution in [3.63, 3.8) is 0 Å². The highest BCUT2D eigenvalue weighted by molar-refractivity contribution is 6.05. The van der Waals surface area contributed by atoms with Crippen molar-refractivity contribution in [2.75, 3.05) is 19.0 Å². The van der Waals surface area contributed by atoms with Crippen molar-refractivity contribution >= 4 is 28.1 Å². The van der Waals surface area contributed by atoms with Crippen LogP contribution in [0.4, 0.5) is 5.69 Å². The number of rotatable bonds is 7. The van der Waals surface area contributed by atoms with Gasteiger partial charge in [-0.15, -0.1) is 0 Å². The van der Waals surface area contributed by atoms with Crippen LogP contribution in [0.15, 0.2) is 140 Å². The van der Waals surface area contributed by atoms with Crippen molar-refractivity contribution in [3.8, 4) is 11.3 Å². The van der Waals surface area contributed by atoms with Gasteiger partial charge in [-0.1, -0.05) is 109 Å². The second kappa shape index (κ2) is 11.1. The first kappa shape index (κ1) is 27.5. The molecular formula is C40H34N2O2. The van der Waals surface area contributed by atoms with Crippen molar-refractivity contribution in [3.05, 3.63) is 167 Å². The van der Waals surface area contributed by atoms with Gasteiger partial charge in [-0.3, -0.25) is 0 Å². The number of nitrogens with zero attached hydrogens (tertiary/aromatic N) is 2. The lowest BCUT2D eigenvalue weighted by molar-refractivity contribution is 0.0276. The van der Waals surface area contributed by atoms with Crippen molar-refractivity contribution < 1.29 is 9.53 Å². The Morgan fingerprint density at radius 2 is 1.41 bits per heavy atom. The topological polar surface area (TPSA) is 34.5 Å². The highest BCUT2D eigenvalue weighted by Crippen LogP contribution is 2.48. The molecule has 0 saturated carbocycles. The summed E-state index contributed by atoms with van der Waals surface area (Å²) in [6, 6.07) is 45.7. The molecule has 0 aliphatic carbocycles. The summed E-state index contributed by atoms with van der Waals surface area (Å²) in [5.41, 5.74) is 8.89. The zero-order valence-electron chi connectivity index (χ0n) is 25.2. The van der Waals surface area contributed by atoms with E-state index in [4.69, 9.17) is 4.74 Å². The Balaban J connectivity index is 1.61. The summed E-state index contributed by atoms with van der Waals surface area (Å²) in [5.74, 6) is -0.319. The second-order valence-electron chi connectivity index (χ2n) is 11.4. The van der Waals surface area contributed by atoms with Crippen LogP contribution in [0.3, 0.4) is 0 Å². The number of para-hydroxylation sites is 1. The lowest BCUT2D eigenvalue weighted by atomic mass is 9.81. The van der Waals surface area contributed by atoms with Crippen molar-refractivity contribution in [1.29, 1.82) is 0 Å². The van der Waals surface area contributed by atoms with Crippen LogP contribution in [0, 0.1) is 0 Å². The molecule has 0 amide bonds. The second-order valence-corrected chi connectivity index (χ2v) is 11.4. The normalized spacial score (nSPS) is 16.2. The number of hydrogen-bond acceptors (Lipinski definition) is 3.